The minimum absolute atomic E-state index is 0.217. The predicted octanol–water partition coefficient (Wildman–Crippen LogP) is 1.84. The summed E-state index contributed by atoms with van der Waals surface area (Å²) in [5.74, 6) is -3.00. The first-order valence-electron chi connectivity index (χ1n) is 7.30. The Balaban J connectivity index is 1.73. The van der Waals surface area contributed by atoms with Crippen molar-refractivity contribution >= 4 is 23.9 Å². The SMILES string of the molecule is O=C(COC(=O)C=Cc1ccccc1)NNC(=O)c1ccccc1F. The van der Waals surface area contributed by atoms with Crippen molar-refractivity contribution in [3.63, 3.8) is 0 Å². The molecule has 0 spiro atoms. The lowest BCUT2D eigenvalue weighted by Gasteiger charge is -2.07. The second kappa shape index (κ2) is 8.97. The Morgan fingerprint density at radius 3 is 2.36 bits per heavy atom. The van der Waals surface area contributed by atoms with Crippen molar-refractivity contribution < 1.29 is 23.5 Å². The van der Waals surface area contributed by atoms with E-state index in [-0.39, 0.29) is 5.56 Å². The van der Waals surface area contributed by atoms with Gasteiger partial charge in [-0.05, 0) is 23.8 Å². The normalized spacial score (nSPS) is 10.3. The topological polar surface area (TPSA) is 84.5 Å². The number of hydrogen-bond acceptors (Lipinski definition) is 4. The molecule has 2 aromatic carbocycles. The summed E-state index contributed by atoms with van der Waals surface area (Å²) in [7, 11) is 0. The zero-order valence-corrected chi connectivity index (χ0v) is 13.1. The molecule has 0 aromatic heterocycles. The Hall–Kier alpha value is -3.48. The molecule has 7 heteroatoms. The first-order chi connectivity index (χ1) is 12.1. The summed E-state index contributed by atoms with van der Waals surface area (Å²) in [6.07, 6.45) is 2.72. The van der Waals surface area contributed by atoms with E-state index in [1.54, 1.807) is 18.2 Å². The largest absolute Gasteiger partial charge is 0.452 e. The molecule has 2 rings (SSSR count). The van der Waals surface area contributed by atoms with Crippen molar-refractivity contribution in [2.45, 2.75) is 0 Å². The molecule has 0 bridgehead atoms. The summed E-state index contributed by atoms with van der Waals surface area (Å²) in [6.45, 7) is -0.588. The number of benzene rings is 2. The fraction of sp³-hybridized carbons (Fsp3) is 0.0556. The molecular weight excluding hydrogens is 327 g/mol. The molecule has 0 aliphatic carbocycles. The number of carbonyl (C=O) groups excluding carboxylic acids is 3. The highest BCUT2D eigenvalue weighted by Crippen LogP contribution is 2.05. The van der Waals surface area contributed by atoms with Crippen LogP contribution in [0.5, 0.6) is 0 Å². The number of hydrogen-bond donors (Lipinski definition) is 2. The second-order valence-corrected chi connectivity index (χ2v) is 4.83. The minimum Gasteiger partial charge on any atom is -0.452 e. The van der Waals surface area contributed by atoms with Gasteiger partial charge in [0, 0.05) is 6.08 Å². The van der Waals surface area contributed by atoms with Gasteiger partial charge in [0.2, 0.25) is 0 Å². The van der Waals surface area contributed by atoms with E-state index in [1.165, 1.54) is 24.3 Å². The third-order valence-corrected chi connectivity index (χ3v) is 2.99. The number of esters is 1. The molecule has 128 valence electrons. The van der Waals surface area contributed by atoms with Crippen molar-refractivity contribution in [3.05, 3.63) is 77.6 Å². The zero-order valence-electron chi connectivity index (χ0n) is 13.1. The Bertz CT molecular complexity index is 791. The van der Waals surface area contributed by atoms with Crippen LogP contribution in [0.2, 0.25) is 0 Å². The summed E-state index contributed by atoms with van der Waals surface area (Å²) >= 11 is 0. The van der Waals surface area contributed by atoms with Crippen LogP contribution in [0.4, 0.5) is 4.39 Å². The Morgan fingerprint density at radius 2 is 1.64 bits per heavy atom. The van der Waals surface area contributed by atoms with E-state index in [4.69, 9.17) is 4.74 Å². The molecule has 6 nitrogen and oxygen atoms in total. The monoisotopic (exact) mass is 342 g/mol. The van der Waals surface area contributed by atoms with Crippen LogP contribution < -0.4 is 10.9 Å². The van der Waals surface area contributed by atoms with Crippen LogP contribution in [0.1, 0.15) is 15.9 Å². The first-order valence-corrected chi connectivity index (χ1v) is 7.30. The van der Waals surface area contributed by atoms with E-state index in [9.17, 15) is 18.8 Å². The van der Waals surface area contributed by atoms with Crippen LogP contribution in [0.25, 0.3) is 6.08 Å². The van der Waals surface area contributed by atoms with Crippen molar-refractivity contribution in [1.29, 1.82) is 0 Å². The quantitative estimate of drug-likeness (QED) is 0.493. The highest BCUT2D eigenvalue weighted by Gasteiger charge is 2.12. The van der Waals surface area contributed by atoms with Gasteiger partial charge in [0.05, 0.1) is 5.56 Å². The summed E-state index contributed by atoms with van der Waals surface area (Å²) < 4.78 is 18.1. The molecule has 2 N–H and O–H groups in total. The van der Waals surface area contributed by atoms with Gasteiger partial charge in [-0.3, -0.25) is 20.4 Å². The first kappa shape index (κ1) is 17.9. The maximum Gasteiger partial charge on any atom is 0.331 e. The molecule has 0 aliphatic heterocycles. The van der Waals surface area contributed by atoms with Crippen LogP contribution in [0, 0.1) is 5.82 Å². The average molecular weight is 342 g/mol. The fourth-order valence-corrected chi connectivity index (χ4v) is 1.79. The Morgan fingerprint density at radius 1 is 0.960 bits per heavy atom. The number of ether oxygens (including phenoxy) is 1. The number of halogens is 1. The van der Waals surface area contributed by atoms with E-state index in [0.29, 0.717) is 0 Å². The van der Waals surface area contributed by atoms with Gasteiger partial charge >= 0.3 is 5.97 Å². The summed E-state index contributed by atoms with van der Waals surface area (Å²) in [5.41, 5.74) is 4.65. The molecule has 0 heterocycles. The van der Waals surface area contributed by atoms with Crippen LogP contribution in [0.3, 0.4) is 0 Å². The number of carbonyl (C=O) groups is 3. The minimum atomic E-state index is -0.818. The van der Waals surface area contributed by atoms with Crippen molar-refractivity contribution in [2.75, 3.05) is 6.61 Å². The summed E-state index contributed by atoms with van der Waals surface area (Å²) in [4.78, 5) is 34.7. The average Bonchev–Trinajstić information content (AvgIpc) is 2.64. The molecule has 0 saturated heterocycles. The third kappa shape index (κ3) is 5.91. The van der Waals surface area contributed by atoms with Crippen LogP contribution >= 0.6 is 0 Å². The molecule has 0 unspecified atom stereocenters. The lowest BCUT2D eigenvalue weighted by Crippen LogP contribution is -2.43. The van der Waals surface area contributed by atoms with E-state index in [2.05, 4.69) is 0 Å². The van der Waals surface area contributed by atoms with E-state index >= 15 is 0 Å². The molecule has 2 aromatic rings. The van der Waals surface area contributed by atoms with Gasteiger partial charge in [0.1, 0.15) is 5.82 Å². The molecule has 25 heavy (non-hydrogen) atoms. The number of nitrogens with one attached hydrogen (secondary N) is 2. The standard InChI is InChI=1S/C18H15FN2O4/c19-15-9-5-4-8-14(15)18(24)21-20-16(22)12-25-17(23)11-10-13-6-2-1-3-7-13/h1-11H,12H2,(H,20,22)(H,21,24). The highest BCUT2D eigenvalue weighted by molar-refractivity contribution is 5.96. The molecule has 2 amide bonds. The van der Waals surface area contributed by atoms with Gasteiger partial charge in [-0.2, -0.15) is 0 Å². The maximum atomic E-state index is 13.4. The van der Waals surface area contributed by atoms with Crippen molar-refractivity contribution in [2.24, 2.45) is 0 Å². The van der Waals surface area contributed by atoms with Crippen LogP contribution in [-0.4, -0.2) is 24.4 Å². The molecule has 0 saturated carbocycles. The zero-order chi connectivity index (χ0) is 18.1. The number of amides is 2. The van der Waals surface area contributed by atoms with Crippen molar-refractivity contribution in [1.82, 2.24) is 10.9 Å². The van der Waals surface area contributed by atoms with Gasteiger partial charge in [-0.15, -0.1) is 0 Å². The summed E-state index contributed by atoms with van der Waals surface area (Å²) in [5, 5.41) is 0. The smallest absolute Gasteiger partial charge is 0.331 e. The van der Waals surface area contributed by atoms with Gasteiger partial charge in [-0.25, -0.2) is 9.18 Å². The Labute approximate surface area is 143 Å². The van der Waals surface area contributed by atoms with Gasteiger partial charge in [0.25, 0.3) is 11.8 Å². The molecule has 0 aliphatic rings. The highest BCUT2D eigenvalue weighted by atomic mass is 19.1. The summed E-state index contributed by atoms with van der Waals surface area (Å²) in [6, 6.07) is 14.4. The van der Waals surface area contributed by atoms with E-state index in [0.717, 1.165) is 11.6 Å². The van der Waals surface area contributed by atoms with E-state index in [1.807, 2.05) is 29.1 Å². The molecular formula is C18H15FN2O4. The lowest BCUT2D eigenvalue weighted by molar-refractivity contribution is -0.144. The van der Waals surface area contributed by atoms with E-state index < -0.39 is 30.2 Å². The van der Waals surface area contributed by atoms with Gasteiger partial charge in [-0.1, -0.05) is 42.5 Å². The molecule has 0 radical (unpaired) electrons. The predicted molar refractivity (Wildman–Crippen MR) is 88.4 cm³/mol. The lowest BCUT2D eigenvalue weighted by atomic mass is 10.2. The molecule has 0 fully saturated rings. The fourth-order valence-electron chi connectivity index (χ4n) is 1.79. The number of hydrazine groups is 1. The molecule has 0 atom stereocenters. The van der Waals surface area contributed by atoms with Crippen LogP contribution in [-0.2, 0) is 14.3 Å². The maximum absolute atomic E-state index is 13.4. The van der Waals surface area contributed by atoms with Gasteiger partial charge < -0.3 is 4.74 Å². The van der Waals surface area contributed by atoms with Crippen molar-refractivity contribution in [3.8, 4) is 0 Å². The van der Waals surface area contributed by atoms with Crippen LogP contribution in [0.15, 0.2) is 60.7 Å². The van der Waals surface area contributed by atoms with Gasteiger partial charge in [0.15, 0.2) is 6.61 Å². The second-order valence-electron chi connectivity index (χ2n) is 4.83. The Kier molecular flexibility index (Phi) is 6.41. The third-order valence-electron chi connectivity index (χ3n) is 2.99. The number of rotatable bonds is 5.